The van der Waals surface area contributed by atoms with Crippen LogP contribution in [-0.4, -0.2) is 0 Å². The van der Waals surface area contributed by atoms with Gasteiger partial charge in [0, 0.05) is 5.92 Å². The first-order valence-corrected chi connectivity index (χ1v) is 4.44. The molecule has 1 rings (SSSR count). The highest BCUT2D eigenvalue weighted by atomic mass is 19.1. The maximum Gasteiger partial charge on any atom is 0.130 e. The SMILES string of the molecule is C=C[C](C)c1cccc(CC)c1F. The molecule has 1 radical (unpaired) electrons. The van der Waals surface area contributed by atoms with Crippen molar-refractivity contribution < 1.29 is 4.39 Å². The zero-order valence-electron chi connectivity index (χ0n) is 8.10. The molecule has 0 fully saturated rings. The van der Waals surface area contributed by atoms with Gasteiger partial charge in [-0.05, 0) is 17.5 Å². The first-order chi connectivity index (χ1) is 6.20. The van der Waals surface area contributed by atoms with Crippen molar-refractivity contribution in [2.24, 2.45) is 0 Å². The van der Waals surface area contributed by atoms with Gasteiger partial charge < -0.3 is 0 Å². The van der Waals surface area contributed by atoms with Crippen LogP contribution in [0.3, 0.4) is 0 Å². The van der Waals surface area contributed by atoms with Crippen molar-refractivity contribution in [1.82, 2.24) is 0 Å². The molecule has 0 N–H and O–H groups in total. The van der Waals surface area contributed by atoms with E-state index in [-0.39, 0.29) is 5.82 Å². The van der Waals surface area contributed by atoms with Gasteiger partial charge in [0.15, 0.2) is 0 Å². The molecule has 0 saturated heterocycles. The zero-order valence-corrected chi connectivity index (χ0v) is 8.10. The van der Waals surface area contributed by atoms with Crippen molar-refractivity contribution in [2.45, 2.75) is 20.3 Å². The van der Waals surface area contributed by atoms with E-state index < -0.39 is 0 Å². The summed E-state index contributed by atoms with van der Waals surface area (Å²) in [7, 11) is 0. The lowest BCUT2D eigenvalue weighted by Gasteiger charge is -2.09. The highest BCUT2D eigenvalue weighted by Crippen LogP contribution is 2.21. The fraction of sp³-hybridized carbons (Fsp3) is 0.250. The molecule has 1 aromatic carbocycles. The summed E-state index contributed by atoms with van der Waals surface area (Å²) in [5.41, 5.74) is 1.42. The third-order valence-corrected chi connectivity index (χ3v) is 2.19. The Morgan fingerprint density at radius 2 is 2.23 bits per heavy atom. The van der Waals surface area contributed by atoms with E-state index in [2.05, 4.69) is 6.58 Å². The van der Waals surface area contributed by atoms with Gasteiger partial charge in [-0.25, -0.2) is 4.39 Å². The lowest BCUT2D eigenvalue weighted by molar-refractivity contribution is 0.602. The quantitative estimate of drug-likeness (QED) is 0.662. The summed E-state index contributed by atoms with van der Waals surface area (Å²) in [6.07, 6.45) is 2.40. The summed E-state index contributed by atoms with van der Waals surface area (Å²) in [5.74, 6) is 0.773. The number of aryl methyl sites for hydroxylation is 1. The Kier molecular flexibility index (Phi) is 3.24. The van der Waals surface area contributed by atoms with Gasteiger partial charge in [0.05, 0.1) is 0 Å². The van der Waals surface area contributed by atoms with E-state index >= 15 is 0 Å². The van der Waals surface area contributed by atoms with E-state index in [0.29, 0.717) is 5.56 Å². The molecule has 0 unspecified atom stereocenters. The standard InChI is InChI=1S/C12H14F/c1-4-9(3)11-8-6-7-10(5-2)12(11)13/h4,6-8H,1,5H2,2-3H3. The highest BCUT2D eigenvalue weighted by molar-refractivity contribution is 5.39. The van der Waals surface area contributed by atoms with Gasteiger partial charge in [-0.2, -0.15) is 0 Å². The zero-order chi connectivity index (χ0) is 9.84. The molecule has 0 aliphatic rings. The predicted molar refractivity (Wildman–Crippen MR) is 54.0 cm³/mol. The van der Waals surface area contributed by atoms with Crippen LogP contribution in [-0.2, 0) is 6.42 Å². The monoisotopic (exact) mass is 177 g/mol. The number of hydrogen-bond acceptors (Lipinski definition) is 0. The van der Waals surface area contributed by atoms with Gasteiger partial charge in [-0.1, -0.05) is 38.1 Å². The average molecular weight is 177 g/mol. The van der Waals surface area contributed by atoms with E-state index in [1.165, 1.54) is 0 Å². The van der Waals surface area contributed by atoms with Crippen molar-refractivity contribution in [1.29, 1.82) is 0 Å². The molecular formula is C12H14F. The van der Waals surface area contributed by atoms with Gasteiger partial charge in [0.1, 0.15) is 5.82 Å². The molecule has 0 aliphatic carbocycles. The van der Waals surface area contributed by atoms with Crippen LogP contribution >= 0.6 is 0 Å². The summed E-state index contributed by atoms with van der Waals surface area (Å²) in [6, 6.07) is 5.48. The van der Waals surface area contributed by atoms with Gasteiger partial charge in [0.25, 0.3) is 0 Å². The minimum absolute atomic E-state index is 0.109. The summed E-state index contributed by atoms with van der Waals surface area (Å²) in [6.45, 7) is 7.45. The van der Waals surface area contributed by atoms with Crippen LogP contribution in [0.15, 0.2) is 30.9 Å². The highest BCUT2D eigenvalue weighted by Gasteiger charge is 2.10. The molecule has 0 bridgehead atoms. The van der Waals surface area contributed by atoms with Gasteiger partial charge in [0.2, 0.25) is 0 Å². The molecule has 0 nitrogen and oxygen atoms in total. The van der Waals surface area contributed by atoms with Crippen LogP contribution in [0.25, 0.3) is 0 Å². The molecule has 0 heterocycles. The Hall–Kier alpha value is -1.11. The summed E-state index contributed by atoms with van der Waals surface area (Å²) in [4.78, 5) is 0. The van der Waals surface area contributed by atoms with E-state index in [1.807, 2.05) is 26.0 Å². The van der Waals surface area contributed by atoms with Crippen molar-refractivity contribution in [3.63, 3.8) is 0 Å². The molecule has 0 saturated carbocycles. The first-order valence-electron chi connectivity index (χ1n) is 4.44. The van der Waals surface area contributed by atoms with E-state index in [0.717, 1.165) is 17.9 Å². The number of allylic oxidation sites excluding steroid dienone is 1. The van der Waals surface area contributed by atoms with Gasteiger partial charge in [-0.15, -0.1) is 6.58 Å². The normalized spacial score (nSPS) is 10.5. The third kappa shape index (κ3) is 1.97. The van der Waals surface area contributed by atoms with Crippen LogP contribution < -0.4 is 0 Å². The summed E-state index contributed by atoms with van der Waals surface area (Å²) >= 11 is 0. The lowest BCUT2D eigenvalue weighted by Crippen LogP contribution is -1.98. The fourth-order valence-electron chi connectivity index (χ4n) is 1.27. The Labute approximate surface area is 79.1 Å². The van der Waals surface area contributed by atoms with Gasteiger partial charge >= 0.3 is 0 Å². The predicted octanol–water partition coefficient (Wildman–Crippen LogP) is 3.52. The molecule has 1 aromatic rings. The molecule has 0 amide bonds. The molecule has 0 aliphatic heterocycles. The molecule has 0 atom stereocenters. The van der Waals surface area contributed by atoms with Gasteiger partial charge in [-0.3, -0.25) is 0 Å². The Morgan fingerprint density at radius 3 is 2.77 bits per heavy atom. The van der Waals surface area contributed by atoms with Crippen molar-refractivity contribution in [2.75, 3.05) is 0 Å². The minimum atomic E-state index is -0.109. The molecule has 13 heavy (non-hydrogen) atoms. The topological polar surface area (TPSA) is 0 Å². The summed E-state index contributed by atoms with van der Waals surface area (Å²) < 4.78 is 13.6. The van der Waals surface area contributed by atoms with Crippen molar-refractivity contribution in [3.8, 4) is 0 Å². The second-order valence-corrected chi connectivity index (χ2v) is 3.02. The largest absolute Gasteiger partial charge is 0.206 e. The Bertz CT molecular complexity index is 302. The lowest BCUT2D eigenvalue weighted by atomic mass is 9.97. The second-order valence-electron chi connectivity index (χ2n) is 3.02. The van der Waals surface area contributed by atoms with Crippen LogP contribution in [0.5, 0.6) is 0 Å². The maximum absolute atomic E-state index is 13.6. The van der Waals surface area contributed by atoms with E-state index in [4.69, 9.17) is 0 Å². The number of benzene rings is 1. The molecular weight excluding hydrogens is 163 g/mol. The molecule has 69 valence electrons. The van der Waals surface area contributed by atoms with E-state index in [1.54, 1.807) is 12.1 Å². The van der Waals surface area contributed by atoms with Crippen molar-refractivity contribution in [3.05, 3.63) is 53.7 Å². The summed E-state index contributed by atoms with van der Waals surface area (Å²) in [5, 5.41) is 0. The van der Waals surface area contributed by atoms with Crippen LogP contribution in [0.2, 0.25) is 0 Å². The average Bonchev–Trinajstić information content (AvgIpc) is 2.17. The first kappa shape index (κ1) is 9.97. The minimum Gasteiger partial charge on any atom is -0.206 e. The molecule has 1 heteroatoms. The van der Waals surface area contributed by atoms with Crippen molar-refractivity contribution >= 4 is 0 Å². The third-order valence-electron chi connectivity index (χ3n) is 2.19. The molecule has 0 spiro atoms. The number of halogens is 1. The Balaban J connectivity index is 3.14. The fourth-order valence-corrected chi connectivity index (χ4v) is 1.27. The maximum atomic E-state index is 13.6. The second kappa shape index (κ2) is 4.22. The van der Waals surface area contributed by atoms with E-state index in [9.17, 15) is 4.39 Å². The van der Waals surface area contributed by atoms with Crippen LogP contribution in [0, 0.1) is 11.7 Å². The number of rotatable bonds is 3. The Morgan fingerprint density at radius 1 is 1.54 bits per heavy atom. The smallest absolute Gasteiger partial charge is 0.130 e. The number of hydrogen-bond donors (Lipinski definition) is 0. The van der Waals surface area contributed by atoms with Crippen LogP contribution in [0.4, 0.5) is 4.39 Å². The molecule has 0 aromatic heterocycles. The van der Waals surface area contributed by atoms with Crippen LogP contribution in [0.1, 0.15) is 25.0 Å².